The first kappa shape index (κ1) is 14.9. The van der Waals surface area contributed by atoms with E-state index in [0.717, 1.165) is 29.5 Å². The molecule has 6 nitrogen and oxygen atoms in total. The number of nitrogens with zero attached hydrogens (tertiary/aromatic N) is 5. The van der Waals surface area contributed by atoms with E-state index >= 15 is 0 Å². The highest BCUT2D eigenvalue weighted by molar-refractivity contribution is 7.99. The lowest BCUT2D eigenvalue weighted by Crippen LogP contribution is -2.02. The van der Waals surface area contributed by atoms with Crippen LogP contribution in [0.5, 0.6) is 5.88 Å². The van der Waals surface area contributed by atoms with Gasteiger partial charge in [0.1, 0.15) is 5.56 Å². The van der Waals surface area contributed by atoms with Crippen LogP contribution in [0.15, 0.2) is 11.4 Å². The number of methoxy groups -OCH3 is 1. The number of hydrogen-bond acceptors (Lipinski definition) is 5. The molecule has 0 unspecified atom stereocenters. The van der Waals surface area contributed by atoms with Crippen LogP contribution in [-0.4, -0.2) is 36.9 Å². The van der Waals surface area contributed by atoms with Crippen LogP contribution in [0.1, 0.15) is 27.2 Å². The van der Waals surface area contributed by atoms with Crippen molar-refractivity contribution in [2.24, 2.45) is 7.05 Å². The van der Waals surface area contributed by atoms with Gasteiger partial charge in [0.05, 0.1) is 7.11 Å². The predicted octanol–water partition coefficient (Wildman–Crippen LogP) is 2.60. The van der Waals surface area contributed by atoms with Gasteiger partial charge in [-0.15, -0.1) is 15.3 Å². The zero-order valence-corrected chi connectivity index (χ0v) is 13.4. The van der Waals surface area contributed by atoms with E-state index in [1.54, 1.807) is 23.6 Å². The Bertz CT molecular complexity index is 577. The van der Waals surface area contributed by atoms with Gasteiger partial charge in [0.25, 0.3) is 0 Å². The summed E-state index contributed by atoms with van der Waals surface area (Å²) in [5.74, 6) is 1.39. The van der Waals surface area contributed by atoms with Crippen molar-refractivity contribution in [2.75, 3.05) is 7.11 Å². The molecule has 0 bridgehead atoms. The first-order chi connectivity index (χ1) is 9.60. The van der Waals surface area contributed by atoms with Crippen LogP contribution in [0.25, 0.3) is 11.4 Å². The molecule has 0 aliphatic carbocycles. The summed E-state index contributed by atoms with van der Waals surface area (Å²) in [6.45, 7) is 7.29. The third-order valence-electron chi connectivity index (χ3n) is 3.14. The molecule has 0 radical (unpaired) electrons. The van der Waals surface area contributed by atoms with Crippen LogP contribution in [-0.2, 0) is 13.6 Å². The fourth-order valence-corrected chi connectivity index (χ4v) is 2.85. The minimum absolute atomic E-state index is 0.521. The fraction of sp³-hybridized carbons (Fsp3) is 0.615. The van der Waals surface area contributed by atoms with E-state index in [-0.39, 0.29) is 0 Å². The van der Waals surface area contributed by atoms with Gasteiger partial charge in [-0.1, -0.05) is 25.6 Å². The molecule has 20 heavy (non-hydrogen) atoms. The van der Waals surface area contributed by atoms with Crippen molar-refractivity contribution < 1.29 is 4.74 Å². The maximum Gasteiger partial charge on any atom is 0.243 e. The normalized spacial score (nSPS) is 12.7. The number of hydrogen-bond donors (Lipinski definition) is 0. The van der Waals surface area contributed by atoms with Crippen LogP contribution in [0.2, 0.25) is 0 Å². The summed E-state index contributed by atoms with van der Waals surface area (Å²) in [6.07, 6.45) is 3.01. The minimum Gasteiger partial charge on any atom is -0.479 e. The van der Waals surface area contributed by atoms with E-state index < -0.39 is 0 Å². The summed E-state index contributed by atoms with van der Waals surface area (Å²) in [5.41, 5.74) is 0.875. The van der Waals surface area contributed by atoms with Gasteiger partial charge >= 0.3 is 0 Å². The first-order valence-corrected chi connectivity index (χ1v) is 7.66. The van der Waals surface area contributed by atoms with Crippen LogP contribution in [0, 0.1) is 0 Å². The van der Waals surface area contributed by atoms with E-state index in [4.69, 9.17) is 4.74 Å². The van der Waals surface area contributed by atoms with Gasteiger partial charge in [0.2, 0.25) is 5.88 Å². The van der Waals surface area contributed by atoms with Crippen molar-refractivity contribution in [1.82, 2.24) is 24.5 Å². The molecule has 110 valence electrons. The lowest BCUT2D eigenvalue weighted by Gasteiger charge is -2.09. The molecule has 0 amide bonds. The van der Waals surface area contributed by atoms with E-state index in [2.05, 4.69) is 40.6 Å². The highest BCUT2D eigenvalue weighted by atomic mass is 32.2. The highest BCUT2D eigenvalue weighted by Gasteiger charge is 2.20. The second-order valence-electron chi connectivity index (χ2n) is 4.61. The van der Waals surface area contributed by atoms with Gasteiger partial charge in [0.15, 0.2) is 11.0 Å². The molecule has 1 atom stereocenters. The average molecular weight is 295 g/mol. The molecular formula is C13H21N5OS. The van der Waals surface area contributed by atoms with E-state index in [1.807, 2.05) is 13.2 Å². The number of thioether (sulfide) groups is 1. The molecule has 0 saturated carbocycles. The Balaban J connectivity index is 2.41. The second-order valence-corrected chi connectivity index (χ2v) is 6.02. The molecule has 0 aliphatic heterocycles. The van der Waals surface area contributed by atoms with E-state index in [1.165, 1.54) is 0 Å². The van der Waals surface area contributed by atoms with Crippen molar-refractivity contribution in [1.29, 1.82) is 0 Å². The Labute approximate surface area is 123 Å². The van der Waals surface area contributed by atoms with Gasteiger partial charge in [-0.2, -0.15) is 0 Å². The maximum absolute atomic E-state index is 5.31. The molecule has 7 heteroatoms. The van der Waals surface area contributed by atoms with E-state index in [0.29, 0.717) is 11.1 Å². The van der Waals surface area contributed by atoms with Gasteiger partial charge < -0.3 is 9.30 Å². The molecule has 2 aromatic rings. The number of aryl methyl sites for hydroxylation is 1. The van der Waals surface area contributed by atoms with Crippen molar-refractivity contribution in [3.63, 3.8) is 0 Å². The molecule has 0 aromatic carbocycles. The Morgan fingerprint density at radius 1 is 1.35 bits per heavy atom. The second kappa shape index (κ2) is 6.30. The molecule has 0 aliphatic rings. The summed E-state index contributed by atoms with van der Waals surface area (Å²) >= 11 is 1.75. The predicted molar refractivity (Wildman–Crippen MR) is 80.1 cm³/mol. The van der Waals surface area contributed by atoms with Crippen LogP contribution in [0.3, 0.4) is 0 Å². The molecule has 2 aromatic heterocycles. The first-order valence-electron chi connectivity index (χ1n) is 6.78. The van der Waals surface area contributed by atoms with Crippen molar-refractivity contribution in [3.8, 4) is 17.3 Å². The third kappa shape index (κ3) is 2.82. The van der Waals surface area contributed by atoms with Crippen LogP contribution in [0.4, 0.5) is 0 Å². The number of rotatable bonds is 6. The zero-order chi connectivity index (χ0) is 14.7. The lowest BCUT2D eigenvalue weighted by atomic mass is 10.3. The summed E-state index contributed by atoms with van der Waals surface area (Å²) in [5, 5.41) is 14.4. The lowest BCUT2D eigenvalue weighted by molar-refractivity contribution is 0.393. The third-order valence-corrected chi connectivity index (χ3v) is 4.39. The Kier molecular flexibility index (Phi) is 4.69. The SMILES string of the molecule is CC[C@@H](C)Sc1nnc(-c2cn(C)nc2OC)n1CC. The monoisotopic (exact) mass is 295 g/mol. The quantitative estimate of drug-likeness (QED) is 0.767. The van der Waals surface area contributed by atoms with Gasteiger partial charge in [-0.25, -0.2) is 0 Å². The average Bonchev–Trinajstić information content (AvgIpc) is 3.01. The Morgan fingerprint density at radius 2 is 2.10 bits per heavy atom. The topological polar surface area (TPSA) is 57.8 Å². The number of ether oxygens (including phenoxy) is 1. The standard InChI is InChI=1S/C13H21N5OS/c1-6-9(3)20-13-15-14-11(18(13)7-2)10-8-17(4)16-12(10)19-5/h8-9H,6-7H2,1-5H3/t9-/m1/s1. The summed E-state index contributed by atoms with van der Waals surface area (Å²) < 4.78 is 9.15. The fourth-order valence-electron chi connectivity index (χ4n) is 1.90. The Hall–Kier alpha value is -1.50. The molecule has 2 rings (SSSR count). The van der Waals surface area contributed by atoms with Crippen LogP contribution >= 0.6 is 11.8 Å². The highest BCUT2D eigenvalue weighted by Crippen LogP contribution is 2.31. The van der Waals surface area contributed by atoms with Crippen LogP contribution < -0.4 is 4.74 Å². The molecular weight excluding hydrogens is 274 g/mol. The largest absolute Gasteiger partial charge is 0.479 e. The molecule has 0 saturated heterocycles. The maximum atomic E-state index is 5.31. The molecule has 0 spiro atoms. The van der Waals surface area contributed by atoms with Crippen molar-refractivity contribution >= 4 is 11.8 Å². The molecule has 0 N–H and O–H groups in total. The number of aromatic nitrogens is 5. The molecule has 2 heterocycles. The summed E-state index contributed by atoms with van der Waals surface area (Å²) in [7, 11) is 3.49. The minimum atomic E-state index is 0.521. The van der Waals surface area contributed by atoms with Gasteiger partial charge in [-0.3, -0.25) is 4.68 Å². The van der Waals surface area contributed by atoms with Gasteiger partial charge in [0, 0.05) is 25.0 Å². The zero-order valence-electron chi connectivity index (χ0n) is 12.6. The smallest absolute Gasteiger partial charge is 0.243 e. The van der Waals surface area contributed by atoms with E-state index in [9.17, 15) is 0 Å². The van der Waals surface area contributed by atoms with Crippen molar-refractivity contribution in [3.05, 3.63) is 6.20 Å². The summed E-state index contributed by atoms with van der Waals surface area (Å²) in [4.78, 5) is 0. The Morgan fingerprint density at radius 3 is 2.70 bits per heavy atom. The molecule has 0 fully saturated rings. The van der Waals surface area contributed by atoms with Crippen molar-refractivity contribution in [2.45, 2.75) is 44.1 Å². The summed E-state index contributed by atoms with van der Waals surface area (Å²) in [6, 6.07) is 0. The van der Waals surface area contributed by atoms with Gasteiger partial charge in [-0.05, 0) is 13.3 Å².